The Morgan fingerprint density at radius 1 is 1.33 bits per heavy atom. The summed E-state index contributed by atoms with van der Waals surface area (Å²) in [5.74, 6) is -2.37. The fourth-order valence-electron chi connectivity index (χ4n) is 1.54. The first-order valence-electron chi connectivity index (χ1n) is 6.14. The number of halogens is 1. The van der Waals surface area contributed by atoms with Gasteiger partial charge in [-0.05, 0) is 24.1 Å². The molecule has 0 fully saturated rings. The van der Waals surface area contributed by atoms with Gasteiger partial charge in [0.05, 0.1) is 0 Å². The first kappa shape index (κ1) is 16.9. The third-order valence-corrected chi connectivity index (χ3v) is 3.34. The molecule has 0 radical (unpaired) electrons. The molecule has 0 unspecified atom stereocenters. The van der Waals surface area contributed by atoms with E-state index in [0.717, 1.165) is 10.0 Å². The lowest BCUT2D eigenvalue weighted by atomic mass is 10.1. The highest BCUT2D eigenvalue weighted by Gasteiger charge is 2.19. The molecule has 0 aromatic heterocycles. The van der Waals surface area contributed by atoms with E-state index in [0.29, 0.717) is 0 Å². The monoisotopic (exact) mass is 354 g/mol. The number of nitrogens with two attached hydrogens (primary N) is 1. The summed E-state index contributed by atoms with van der Waals surface area (Å²) in [6.45, 7) is 0. The van der Waals surface area contributed by atoms with E-state index in [9.17, 15) is 14.4 Å². The molecule has 7 heteroatoms. The first-order chi connectivity index (χ1) is 9.90. The van der Waals surface area contributed by atoms with E-state index in [1.807, 2.05) is 18.2 Å². The Morgan fingerprint density at radius 3 is 2.57 bits per heavy atom. The molecule has 1 aromatic carbocycles. The first-order valence-corrected chi connectivity index (χ1v) is 6.93. The van der Waals surface area contributed by atoms with Crippen molar-refractivity contribution >= 4 is 39.8 Å². The standard InChI is InChI=1S/C14H15BrN2O4/c15-10-4-2-1-3-9(10)5-8-13(19)17-11(14(20)21)6-7-12(16)18/h1-5,8,11H,6-7H2,(H2,16,18)(H,17,19)(H,20,21)/b8-5+/t11-/m1/s1. The Morgan fingerprint density at radius 2 is 2.00 bits per heavy atom. The van der Waals surface area contributed by atoms with Crippen LogP contribution in [0, 0.1) is 0 Å². The van der Waals surface area contributed by atoms with Gasteiger partial charge in [-0.2, -0.15) is 0 Å². The Hall–Kier alpha value is -2.15. The predicted molar refractivity (Wildman–Crippen MR) is 81.2 cm³/mol. The summed E-state index contributed by atoms with van der Waals surface area (Å²) >= 11 is 3.33. The zero-order valence-corrected chi connectivity index (χ0v) is 12.7. The van der Waals surface area contributed by atoms with E-state index < -0.39 is 23.8 Å². The molecule has 0 heterocycles. The maximum atomic E-state index is 11.7. The van der Waals surface area contributed by atoms with Gasteiger partial charge in [0.2, 0.25) is 11.8 Å². The molecule has 4 N–H and O–H groups in total. The van der Waals surface area contributed by atoms with Gasteiger partial charge in [-0.1, -0.05) is 34.1 Å². The number of aliphatic carboxylic acids is 1. The van der Waals surface area contributed by atoms with Crippen LogP contribution in [0.5, 0.6) is 0 Å². The molecule has 2 amide bonds. The van der Waals surface area contributed by atoms with Crippen molar-refractivity contribution in [1.29, 1.82) is 0 Å². The van der Waals surface area contributed by atoms with Crippen molar-refractivity contribution < 1.29 is 19.5 Å². The average molecular weight is 355 g/mol. The molecule has 0 saturated carbocycles. The lowest BCUT2D eigenvalue weighted by molar-refractivity contribution is -0.141. The lowest BCUT2D eigenvalue weighted by Gasteiger charge is -2.11. The quantitative estimate of drug-likeness (QED) is 0.641. The van der Waals surface area contributed by atoms with Gasteiger partial charge in [-0.25, -0.2) is 4.79 Å². The van der Waals surface area contributed by atoms with Gasteiger partial charge in [0, 0.05) is 17.0 Å². The molecule has 6 nitrogen and oxygen atoms in total. The molecule has 0 aliphatic rings. The van der Waals surface area contributed by atoms with Crippen LogP contribution in [-0.4, -0.2) is 28.9 Å². The largest absolute Gasteiger partial charge is 0.480 e. The van der Waals surface area contributed by atoms with Crippen LogP contribution in [0.25, 0.3) is 6.08 Å². The smallest absolute Gasteiger partial charge is 0.326 e. The fourth-order valence-corrected chi connectivity index (χ4v) is 1.96. The Bertz CT molecular complexity index is 572. The van der Waals surface area contributed by atoms with Crippen molar-refractivity contribution in [3.8, 4) is 0 Å². The van der Waals surface area contributed by atoms with E-state index >= 15 is 0 Å². The summed E-state index contributed by atoms with van der Waals surface area (Å²) in [5.41, 5.74) is 5.75. The van der Waals surface area contributed by atoms with Crippen LogP contribution in [0.1, 0.15) is 18.4 Å². The van der Waals surface area contributed by atoms with Gasteiger partial charge in [-0.15, -0.1) is 0 Å². The highest BCUT2D eigenvalue weighted by Crippen LogP contribution is 2.16. The van der Waals surface area contributed by atoms with Crippen molar-refractivity contribution in [3.63, 3.8) is 0 Å². The van der Waals surface area contributed by atoms with Crippen LogP contribution in [0.3, 0.4) is 0 Å². The number of nitrogens with one attached hydrogen (secondary N) is 1. The number of benzene rings is 1. The molecule has 0 aliphatic heterocycles. The highest BCUT2D eigenvalue weighted by atomic mass is 79.9. The van der Waals surface area contributed by atoms with E-state index in [1.54, 1.807) is 12.1 Å². The number of carbonyl (C=O) groups is 3. The molecule has 21 heavy (non-hydrogen) atoms. The summed E-state index contributed by atoms with van der Waals surface area (Å²) in [5, 5.41) is 11.3. The number of carboxylic acids is 1. The van der Waals surface area contributed by atoms with E-state index in [2.05, 4.69) is 21.2 Å². The SMILES string of the molecule is NC(=O)CC[C@@H](NC(=O)/C=C/c1ccccc1Br)C(=O)O. The summed E-state index contributed by atoms with van der Waals surface area (Å²) in [6, 6.07) is 6.13. The van der Waals surface area contributed by atoms with Crippen LogP contribution in [0.2, 0.25) is 0 Å². The molecular weight excluding hydrogens is 340 g/mol. The zero-order valence-electron chi connectivity index (χ0n) is 11.1. The minimum absolute atomic E-state index is 0.0424. The molecule has 1 aromatic rings. The number of hydrogen-bond donors (Lipinski definition) is 3. The van der Waals surface area contributed by atoms with Crippen molar-refractivity contribution in [2.45, 2.75) is 18.9 Å². The van der Waals surface area contributed by atoms with Gasteiger partial charge in [-0.3, -0.25) is 9.59 Å². The Balaban J connectivity index is 2.64. The van der Waals surface area contributed by atoms with Crippen molar-refractivity contribution in [2.75, 3.05) is 0 Å². The molecular formula is C14H15BrN2O4. The van der Waals surface area contributed by atoms with Crippen molar-refractivity contribution in [2.24, 2.45) is 5.73 Å². The molecule has 0 aliphatic carbocycles. The number of carbonyl (C=O) groups excluding carboxylic acids is 2. The number of hydrogen-bond acceptors (Lipinski definition) is 3. The van der Waals surface area contributed by atoms with E-state index in [-0.39, 0.29) is 12.8 Å². The Kier molecular flexibility index (Phi) is 6.61. The third-order valence-electron chi connectivity index (χ3n) is 2.61. The maximum absolute atomic E-state index is 11.7. The molecule has 0 bridgehead atoms. The average Bonchev–Trinajstić information content (AvgIpc) is 2.42. The minimum Gasteiger partial charge on any atom is -0.480 e. The van der Waals surface area contributed by atoms with Gasteiger partial charge in [0.15, 0.2) is 0 Å². The van der Waals surface area contributed by atoms with Crippen LogP contribution in [-0.2, 0) is 14.4 Å². The van der Waals surface area contributed by atoms with Gasteiger partial charge >= 0.3 is 5.97 Å². The summed E-state index contributed by atoms with van der Waals surface area (Å²) in [6.07, 6.45) is 2.65. The number of amides is 2. The number of rotatable bonds is 7. The van der Waals surface area contributed by atoms with E-state index in [1.165, 1.54) is 6.08 Å². The summed E-state index contributed by atoms with van der Waals surface area (Å²) in [7, 11) is 0. The Labute approximate surface area is 130 Å². The second-order valence-electron chi connectivity index (χ2n) is 4.26. The fraction of sp³-hybridized carbons (Fsp3) is 0.214. The van der Waals surface area contributed by atoms with Crippen LogP contribution in [0.15, 0.2) is 34.8 Å². The molecule has 1 rings (SSSR count). The molecule has 0 saturated heterocycles. The second-order valence-corrected chi connectivity index (χ2v) is 5.11. The maximum Gasteiger partial charge on any atom is 0.326 e. The highest BCUT2D eigenvalue weighted by molar-refractivity contribution is 9.10. The zero-order chi connectivity index (χ0) is 15.8. The van der Waals surface area contributed by atoms with E-state index in [4.69, 9.17) is 10.8 Å². The van der Waals surface area contributed by atoms with Crippen LogP contribution >= 0.6 is 15.9 Å². The van der Waals surface area contributed by atoms with Gasteiger partial charge in [0.25, 0.3) is 0 Å². The second kappa shape index (κ2) is 8.21. The predicted octanol–water partition coefficient (Wildman–Crippen LogP) is 1.30. The number of carboxylic acid groups (broad SMARTS) is 1. The third kappa shape index (κ3) is 6.22. The molecule has 112 valence electrons. The molecule has 0 spiro atoms. The normalized spacial score (nSPS) is 12.0. The van der Waals surface area contributed by atoms with Gasteiger partial charge in [0.1, 0.15) is 6.04 Å². The van der Waals surface area contributed by atoms with Crippen LogP contribution in [0.4, 0.5) is 0 Å². The topological polar surface area (TPSA) is 109 Å². The van der Waals surface area contributed by atoms with Crippen LogP contribution < -0.4 is 11.1 Å². The minimum atomic E-state index is -1.21. The number of primary amides is 1. The summed E-state index contributed by atoms with van der Waals surface area (Å²) in [4.78, 5) is 33.3. The van der Waals surface area contributed by atoms with Gasteiger partial charge < -0.3 is 16.2 Å². The van der Waals surface area contributed by atoms with Crippen molar-refractivity contribution in [1.82, 2.24) is 5.32 Å². The lowest BCUT2D eigenvalue weighted by Crippen LogP contribution is -2.40. The van der Waals surface area contributed by atoms with Crippen molar-refractivity contribution in [3.05, 3.63) is 40.4 Å². The summed E-state index contributed by atoms with van der Waals surface area (Å²) < 4.78 is 0.817. The molecule has 1 atom stereocenters.